The van der Waals surface area contributed by atoms with Gasteiger partial charge < -0.3 is 0 Å². The van der Waals surface area contributed by atoms with Crippen LogP contribution in [0.1, 0.15) is 0 Å². The van der Waals surface area contributed by atoms with Gasteiger partial charge in [-0.3, -0.25) is 0 Å². The molecule has 1 rings (SSSR count). The summed E-state index contributed by atoms with van der Waals surface area (Å²) in [6.07, 6.45) is 1.75. The van der Waals surface area contributed by atoms with Crippen LogP contribution in [-0.2, 0) is 0 Å². The van der Waals surface area contributed by atoms with Crippen molar-refractivity contribution in [2.45, 2.75) is 4.90 Å². The number of hydrogen-bond acceptors (Lipinski definition) is 2. The quantitative estimate of drug-likeness (QED) is 0.413. The number of nitrogens with zero attached hydrogens (tertiary/aromatic N) is 1. The van der Waals surface area contributed by atoms with Crippen molar-refractivity contribution in [1.29, 1.82) is 0 Å². The van der Waals surface area contributed by atoms with Gasteiger partial charge in [-0.25, -0.2) is 4.98 Å². The first-order valence-corrected chi connectivity index (χ1v) is 3.63. The van der Waals surface area contributed by atoms with Gasteiger partial charge in [0.05, 0.1) is 0 Å². The van der Waals surface area contributed by atoms with E-state index in [1.807, 2.05) is 12.1 Å². The Morgan fingerprint density at radius 3 is 2.75 bits per heavy atom. The van der Waals surface area contributed by atoms with Gasteiger partial charge in [0.1, 0.15) is 3.70 Å². The molecule has 0 saturated carbocycles. The fourth-order valence-corrected chi connectivity index (χ4v) is 0.862. The molecule has 0 fully saturated rings. The Labute approximate surface area is 67.1 Å². The second-order valence-electron chi connectivity index (χ2n) is 1.31. The summed E-state index contributed by atoms with van der Waals surface area (Å²) in [5.74, 6) is 0. The summed E-state index contributed by atoms with van der Waals surface area (Å²) < 4.78 is 0.952. The Bertz CT molecular complexity index is 169. The predicted octanol–water partition coefficient (Wildman–Crippen LogP) is 1.97. The summed E-state index contributed by atoms with van der Waals surface area (Å²) >= 11 is 6.26. The average molecular weight is 237 g/mol. The lowest BCUT2D eigenvalue weighted by Crippen LogP contribution is -1.77. The molecule has 0 saturated heterocycles. The van der Waals surface area contributed by atoms with Crippen LogP contribution in [0.4, 0.5) is 0 Å². The summed E-state index contributed by atoms with van der Waals surface area (Å²) in [5.41, 5.74) is 0. The van der Waals surface area contributed by atoms with Gasteiger partial charge in [0.25, 0.3) is 0 Å². The lowest BCUT2D eigenvalue weighted by molar-refractivity contribution is 1.18. The monoisotopic (exact) mass is 237 g/mol. The van der Waals surface area contributed by atoms with Gasteiger partial charge in [-0.15, -0.1) is 12.6 Å². The maximum atomic E-state index is 4.13. The SMILES string of the molecule is Sc1cccnc1I. The van der Waals surface area contributed by atoms with Crippen LogP contribution < -0.4 is 0 Å². The van der Waals surface area contributed by atoms with E-state index in [2.05, 4.69) is 40.2 Å². The van der Waals surface area contributed by atoms with E-state index in [0.29, 0.717) is 0 Å². The smallest absolute Gasteiger partial charge is 0.114 e. The van der Waals surface area contributed by atoms with E-state index in [1.54, 1.807) is 6.20 Å². The molecule has 1 nitrogen and oxygen atoms in total. The molecule has 0 N–H and O–H groups in total. The Balaban J connectivity index is 3.13. The van der Waals surface area contributed by atoms with Crippen LogP contribution in [-0.4, -0.2) is 4.98 Å². The van der Waals surface area contributed by atoms with E-state index >= 15 is 0 Å². The third kappa shape index (κ3) is 1.35. The highest BCUT2D eigenvalue weighted by atomic mass is 127. The molecule has 0 amide bonds. The Morgan fingerprint density at radius 1 is 1.62 bits per heavy atom. The summed E-state index contributed by atoms with van der Waals surface area (Å²) in [6, 6.07) is 3.78. The Hall–Kier alpha value is 0.230. The van der Waals surface area contributed by atoms with Gasteiger partial charge in [-0.1, -0.05) is 0 Å². The standard InChI is InChI=1S/C5H4INS/c6-5-4(8)2-1-3-7-5/h1-3,8H. The Kier molecular flexibility index (Phi) is 2.13. The zero-order valence-electron chi connectivity index (χ0n) is 4.00. The topological polar surface area (TPSA) is 12.9 Å². The van der Waals surface area contributed by atoms with Gasteiger partial charge in [0, 0.05) is 11.1 Å². The van der Waals surface area contributed by atoms with Gasteiger partial charge in [-0.2, -0.15) is 0 Å². The second kappa shape index (κ2) is 2.68. The van der Waals surface area contributed by atoms with Gasteiger partial charge in [0.2, 0.25) is 0 Å². The van der Waals surface area contributed by atoms with E-state index in [4.69, 9.17) is 0 Å². The number of halogens is 1. The van der Waals surface area contributed by atoms with E-state index in [0.717, 1.165) is 8.60 Å². The van der Waals surface area contributed by atoms with Crippen molar-refractivity contribution in [2.75, 3.05) is 0 Å². The molecule has 0 aliphatic heterocycles. The van der Waals surface area contributed by atoms with Crippen LogP contribution in [0.3, 0.4) is 0 Å². The summed E-state index contributed by atoms with van der Waals surface area (Å²) in [6.45, 7) is 0. The number of rotatable bonds is 0. The molecule has 1 heterocycles. The maximum absolute atomic E-state index is 4.13. The molecular formula is C5H4INS. The average Bonchev–Trinajstić information content (AvgIpc) is 1.77. The molecule has 0 unspecified atom stereocenters. The summed E-state index contributed by atoms with van der Waals surface area (Å²) in [4.78, 5) is 4.93. The first-order chi connectivity index (χ1) is 3.80. The molecular weight excluding hydrogens is 233 g/mol. The highest BCUT2D eigenvalue weighted by Gasteiger charge is 1.88. The normalized spacial score (nSPS) is 9.25. The third-order valence-corrected chi connectivity index (χ3v) is 2.39. The number of hydrogen-bond donors (Lipinski definition) is 1. The fraction of sp³-hybridized carbons (Fsp3) is 0. The van der Waals surface area contributed by atoms with Gasteiger partial charge in [0.15, 0.2) is 0 Å². The molecule has 3 heteroatoms. The Morgan fingerprint density at radius 2 is 2.38 bits per heavy atom. The van der Waals surface area contributed by atoms with Gasteiger partial charge in [-0.05, 0) is 34.7 Å². The van der Waals surface area contributed by atoms with Crippen LogP contribution in [0.25, 0.3) is 0 Å². The van der Waals surface area contributed by atoms with Crippen molar-refractivity contribution >= 4 is 35.2 Å². The first kappa shape index (κ1) is 6.35. The van der Waals surface area contributed by atoms with Crippen LogP contribution in [0, 0.1) is 3.70 Å². The minimum absolute atomic E-state index is 0.938. The van der Waals surface area contributed by atoms with Crippen LogP contribution in [0.2, 0.25) is 0 Å². The highest BCUT2D eigenvalue weighted by molar-refractivity contribution is 14.1. The number of pyridine rings is 1. The van der Waals surface area contributed by atoms with Crippen LogP contribution >= 0.6 is 35.2 Å². The molecule has 0 spiro atoms. The largest absolute Gasteiger partial charge is 0.249 e. The molecule has 0 radical (unpaired) electrons. The van der Waals surface area contributed by atoms with E-state index in [9.17, 15) is 0 Å². The van der Waals surface area contributed by atoms with Crippen molar-refractivity contribution in [3.05, 3.63) is 22.0 Å². The van der Waals surface area contributed by atoms with Crippen molar-refractivity contribution in [1.82, 2.24) is 4.98 Å². The number of thiol groups is 1. The first-order valence-electron chi connectivity index (χ1n) is 2.10. The predicted molar refractivity (Wildman–Crippen MR) is 44.2 cm³/mol. The van der Waals surface area contributed by atoms with Crippen molar-refractivity contribution < 1.29 is 0 Å². The molecule has 8 heavy (non-hydrogen) atoms. The molecule has 1 aromatic rings. The van der Waals surface area contributed by atoms with E-state index in [-0.39, 0.29) is 0 Å². The van der Waals surface area contributed by atoms with Crippen LogP contribution in [0.15, 0.2) is 23.2 Å². The third-order valence-electron chi connectivity index (χ3n) is 0.739. The van der Waals surface area contributed by atoms with Crippen LogP contribution in [0.5, 0.6) is 0 Å². The number of aromatic nitrogens is 1. The summed E-state index contributed by atoms with van der Waals surface area (Å²) in [7, 11) is 0. The lowest BCUT2D eigenvalue weighted by atomic mass is 10.5. The molecule has 42 valence electrons. The molecule has 0 aromatic carbocycles. The van der Waals surface area contributed by atoms with Gasteiger partial charge >= 0.3 is 0 Å². The molecule has 0 atom stereocenters. The van der Waals surface area contributed by atoms with Crippen molar-refractivity contribution in [3.63, 3.8) is 0 Å². The second-order valence-corrected chi connectivity index (χ2v) is 2.82. The molecule has 0 bridgehead atoms. The zero-order chi connectivity index (χ0) is 5.98. The fourth-order valence-electron chi connectivity index (χ4n) is 0.378. The van der Waals surface area contributed by atoms with E-state index < -0.39 is 0 Å². The highest BCUT2D eigenvalue weighted by Crippen LogP contribution is 2.10. The minimum atomic E-state index is 0.938. The zero-order valence-corrected chi connectivity index (χ0v) is 7.06. The maximum Gasteiger partial charge on any atom is 0.114 e. The van der Waals surface area contributed by atoms with Crippen molar-refractivity contribution in [3.8, 4) is 0 Å². The van der Waals surface area contributed by atoms with Crippen molar-refractivity contribution in [2.24, 2.45) is 0 Å². The molecule has 0 aliphatic rings. The molecule has 0 aliphatic carbocycles. The molecule has 1 aromatic heterocycles. The van der Waals surface area contributed by atoms with E-state index in [1.165, 1.54) is 0 Å². The minimum Gasteiger partial charge on any atom is -0.249 e. The lowest BCUT2D eigenvalue weighted by Gasteiger charge is -1.89. The summed E-state index contributed by atoms with van der Waals surface area (Å²) in [5, 5.41) is 0.